The molecule has 1 unspecified atom stereocenters. The van der Waals surface area contributed by atoms with Crippen LogP contribution < -0.4 is 10.6 Å². The zero-order valence-electron chi connectivity index (χ0n) is 17.9. The minimum absolute atomic E-state index is 0.0647. The van der Waals surface area contributed by atoms with Gasteiger partial charge in [0.25, 0.3) is 0 Å². The first-order valence-electron chi connectivity index (χ1n) is 10.4. The van der Waals surface area contributed by atoms with Gasteiger partial charge in [0, 0.05) is 38.1 Å². The summed E-state index contributed by atoms with van der Waals surface area (Å²) >= 11 is 0. The van der Waals surface area contributed by atoms with Crippen molar-refractivity contribution < 1.29 is 18.7 Å². The van der Waals surface area contributed by atoms with Crippen LogP contribution in [0, 0.1) is 5.82 Å². The fourth-order valence-electron chi connectivity index (χ4n) is 3.44. The van der Waals surface area contributed by atoms with Crippen LogP contribution in [0.25, 0.3) is 0 Å². The Balaban J connectivity index is 1.47. The normalized spacial score (nSPS) is 15.2. The summed E-state index contributed by atoms with van der Waals surface area (Å²) in [6, 6.07) is 13.0. The first kappa shape index (κ1) is 22.7. The summed E-state index contributed by atoms with van der Waals surface area (Å²) in [5, 5.41) is 6.05. The van der Waals surface area contributed by atoms with Gasteiger partial charge < -0.3 is 20.3 Å². The molecule has 0 saturated carbocycles. The number of hydrogen-bond donors (Lipinski definition) is 2. The van der Waals surface area contributed by atoms with E-state index in [0.29, 0.717) is 32.0 Å². The Morgan fingerprint density at radius 1 is 1.13 bits per heavy atom. The number of amides is 2. The fraction of sp³-hybridized carbons (Fsp3) is 0.391. The van der Waals surface area contributed by atoms with E-state index in [-0.39, 0.29) is 17.6 Å². The third-order valence-electron chi connectivity index (χ3n) is 5.08. The monoisotopic (exact) mass is 428 g/mol. The Kier molecular flexibility index (Phi) is 7.97. The van der Waals surface area contributed by atoms with Crippen LogP contribution in [-0.4, -0.2) is 67.6 Å². The molecule has 8 heteroatoms. The molecular weight excluding hydrogens is 399 g/mol. The molecule has 1 atom stereocenters. The van der Waals surface area contributed by atoms with Gasteiger partial charge in [0.05, 0.1) is 19.8 Å². The number of anilines is 2. The second-order valence-corrected chi connectivity index (χ2v) is 7.70. The first-order chi connectivity index (χ1) is 14.9. The summed E-state index contributed by atoms with van der Waals surface area (Å²) < 4.78 is 18.6. The van der Waals surface area contributed by atoms with Crippen molar-refractivity contribution in [2.24, 2.45) is 0 Å². The van der Waals surface area contributed by atoms with E-state index in [1.54, 1.807) is 43.1 Å². The Bertz CT molecular complexity index is 885. The van der Waals surface area contributed by atoms with E-state index >= 15 is 0 Å². The van der Waals surface area contributed by atoms with Crippen molar-refractivity contribution in [2.45, 2.75) is 19.5 Å². The van der Waals surface area contributed by atoms with E-state index in [1.807, 2.05) is 12.1 Å². The van der Waals surface area contributed by atoms with Gasteiger partial charge >= 0.3 is 0 Å². The van der Waals surface area contributed by atoms with E-state index in [2.05, 4.69) is 15.5 Å². The lowest BCUT2D eigenvalue weighted by Gasteiger charge is -2.25. The number of morpholine rings is 1. The first-order valence-corrected chi connectivity index (χ1v) is 10.4. The Hall–Kier alpha value is -2.97. The van der Waals surface area contributed by atoms with Gasteiger partial charge in [-0.25, -0.2) is 4.39 Å². The standard InChI is InChI=1S/C23H29FN4O3/c1-17(23(30)27(2)15-18-4-3-5-19(24)14-18)25-20-6-8-21(9-7-20)26-22(29)16-28-10-12-31-13-11-28/h3-9,14,17,25H,10-13,15-16H2,1-2H3,(H,26,29). The highest BCUT2D eigenvalue weighted by Crippen LogP contribution is 2.16. The average molecular weight is 429 g/mol. The number of carbonyl (C=O) groups is 2. The van der Waals surface area contributed by atoms with Crippen LogP contribution >= 0.6 is 0 Å². The van der Waals surface area contributed by atoms with Crippen LogP contribution in [0.3, 0.4) is 0 Å². The summed E-state index contributed by atoms with van der Waals surface area (Å²) in [5.74, 6) is -0.487. The van der Waals surface area contributed by atoms with E-state index < -0.39 is 6.04 Å². The largest absolute Gasteiger partial charge is 0.379 e. The highest BCUT2D eigenvalue weighted by Gasteiger charge is 2.18. The van der Waals surface area contributed by atoms with Gasteiger partial charge in [-0.05, 0) is 48.9 Å². The van der Waals surface area contributed by atoms with Gasteiger partial charge in [0.15, 0.2) is 0 Å². The molecule has 0 spiro atoms. The number of hydrogen-bond acceptors (Lipinski definition) is 5. The number of ether oxygens (including phenoxy) is 1. The van der Waals surface area contributed by atoms with Crippen LogP contribution in [0.4, 0.5) is 15.8 Å². The van der Waals surface area contributed by atoms with Gasteiger partial charge in [-0.3, -0.25) is 14.5 Å². The number of halogens is 1. The lowest BCUT2D eigenvalue weighted by atomic mass is 10.2. The molecule has 2 aromatic rings. The van der Waals surface area contributed by atoms with Crippen molar-refractivity contribution in [3.63, 3.8) is 0 Å². The lowest BCUT2D eigenvalue weighted by Crippen LogP contribution is -2.41. The van der Waals surface area contributed by atoms with Gasteiger partial charge in [0.2, 0.25) is 11.8 Å². The van der Waals surface area contributed by atoms with Crippen molar-refractivity contribution in [1.29, 1.82) is 0 Å². The SMILES string of the molecule is CC(Nc1ccc(NC(=O)CN2CCOCC2)cc1)C(=O)N(C)Cc1cccc(F)c1. The van der Waals surface area contributed by atoms with Crippen molar-refractivity contribution >= 4 is 23.2 Å². The summed E-state index contributed by atoms with van der Waals surface area (Å²) in [7, 11) is 1.69. The van der Waals surface area contributed by atoms with Gasteiger partial charge in [0.1, 0.15) is 11.9 Å². The van der Waals surface area contributed by atoms with Crippen LogP contribution in [0.5, 0.6) is 0 Å². The molecule has 166 valence electrons. The molecular formula is C23H29FN4O3. The maximum Gasteiger partial charge on any atom is 0.244 e. The molecule has 2 amide bonds. The van der Waals surface area contributed by atoms with Crippen molar-refractivity contribution in [2.75, 3.05) is 50.5 Å². The number of rotatable bonds is 8. The van der Waals surface area contributed by atoms with E-state index in [4.69, 9.17) is 4.74 Å². The summed E-state index contributed by atoms with van der Waals surface area (Å²) in [4.78, 5) is 28.5. The molecule has 0 bridgehead atoms. The van der Waals surface area contributed by atoms with Gasteiger partial charge in [-0.1, -0.05) is 12.1 Å². The third kappa shape index (κ3) is 7.04. The lowest BCUT2D eigenvalue weighted by molar-refractivity contribution is -0.130. The third-order valence-corrected chi connectivity index (χ3v) is 5.08. The minimum atomic E-state index is -0.458. The highest BCUT2D eigenvalue weighted by atomic mass is 19.1. The quantitative estimate of drug-likeness (QED) is 0.676. The molecule has 1 aliphatic heterocycles. The Labute approximate surface area is 182 Å². The van der Waals surface area contributed by atoms with Crippen LogP contribution in [0.2, 0.25) is 0 Å². The molecule has 2 aromatic carbocycles. The second-order valence-electron chi connectivity index (χ2n) is 7.70. The van der Waals surface area contributed by atoms with Gasteiger partial charge in [-0.15, -0.1) is 0 Å². The maximum atomic E-state index is 13.3. The zero-order chi connectivity index (χ0) is 22.2. The van der Waals surface area contributed by atoms with Crippen LogP contribution in [0.15, 0.2) is 48.5 Å². The van der Waals surface area contributed by atoms with Crippen molar-refractivity contribution in [3.8, 4) is 0 Å². The number of carbonyl (C=O) groups excluding carboxylic acids is 2. The molecule has 7 nitrogen and oxygen atoms in total. The summed E-state index contributed by atoms with van der Waals surface area (Å²) in [6.07, 6.45) is 0. The number of benzene rings is 2. The highest BCUT2D eigenvalue weighted by molar-refractivity contribution is 5.92. The smallest absolute Gasteiger partial charge is 0.244 e. The Morgan fingerprint density at radius 2 is 1.81 bits per heavy atom. The molecule has 2 N–H and O–H groups in total. The molecule has 1 saturated heterocycles. The fourth-order valence-corrected chi connectivity index (χ4v) is 3.44. The predicted octanol–water partition coefficient (Wildman–Crippen LogP) is 2.56. The predicted molar refractivity (Wildman–Crippen MR) is 118 cm³/mol. The molecule has 1 aliphatic rings. The summed E-state index contributed by atoms with van der Waals surface area (Å²) in [6.45, 7) is 5.28. The van der Waals surface area contributed by atoms with E-state index in [9.17, 15) is 14.0 Å². The average Bonchev–Trinajstić information content (AvgIpc) is 2.75. The number of nitrogens with zero attached hydrogens (tertiary/aromatic N) is 2. The molecule has 0 radical (unpaired) electrons. The topological polar surface area (TPSA) is 73.9 Å². The van der Waals surface area contributed by atoms with Crippen LogP contribution in [0.1, 0.15) is 12.5 Å². The number of nitrogens with one attached hydrogen (secondary N) is 2. The molecule has 31 heavy (non-hydrogen) atoms. The second kappa shape index (κ2) is 10.9. The van der Waals surface area contributed by atoms with Crippen molar-refractivity contribution in [3.05, 3.63) is 59.9 Å². The Morgan fingerprint density at radius 3 is 2.48 bits per heavy atom. The van der Waals surface area contributed by atoms with E-state index in [1.165, 1.54) is 12.1 Å². The summed E-state index contributed by atoms with van der Waals surface area (Å²) in [5.41, 5.74) is 2.21. The molecule has 0 aliphatic carbocycles. The van der Waals surface area contributed by atoms with Crippen LogP contribution in [-0.2, 0) is 20.9 Å². The number of likely N-dealkylation sites (N-methyl/N-ethyl adjacent to an activating group) is 1. The molecule has 0 aromatic heterocycles. The maximum absolute atomic E-state index is 13.3. The zero-order valence-corrected chi connectivity index (χ0v) is 17.9. The van der Waals surface area contributed by atoms with E-state index in [0.717, 1.165) is 24.3 Å². The molecule has 1 heterocycles. The minimum Gasteiger partial charge on any atom is -0.379 e. The van der Waals surface area contributed by atoms with Crippen molar-refractivity contribution in [1.82, 2.24) is 9.80 Å². The molecule has 1 fully saturated rings. The van der Waals surface area contributed by atoms with Gasteiger partial charge in [-0.2, -0.15) is 0 Å². The molecule has 3 rings (SSSR count).